The van der Waals surface area contributed by atoms with E-state index in [-0.39, 0.29) is 5.91 Å². The Labute approximate surface area is 137 Å². The van der Waals surface area contributed by atoms with Gasteiger partial charge in [0.1, 0.15) is 12.4 Å². The lowest BCUT2D eigenvalue weighted by Crippen LogP contribution is -2.11. The van der Waals surface area contributed by atoms with Gasteiger partial charge < -0.3 is 4.74 Å². The highest BCUT2D eigenvalue weighted by molar-refractivity contribution is 8.01. The number of nitrogens with one attached hydrogen (secondary N) is 1. The number of rotatable bonds is 8. The van der Waals surface area contributed by atoms with Crippen LogP contribution in [-0.4, -0.2) is 28.5 Å². The number of benzene rings is 1. The molecule has 2 aromatic rings. The number of nitrogens with zero attached hydrogens (tertiary/aromatic N) is 2. The second-order valence-electron chi connectivity index (χ2n) is 4.30. The lowest BCUT2D eigenvalue weighted by molar-refractivity contribution is 0.102. The Balaban J connectivity index is 1.93. The summed E-state index contributed by atoms with van der Waals surface area (Å²) in [6.07, 6.45) is 2.75. The van der Waals surface area contributed by atoms with Crippen LogP contribution in [0.4, 0.5) is 5.13 Å². The number of aromatic nitrogens is 2. The molecule has 0 saturated carbocycles. The molecular weight excluding hydrogens is 318 g/mol. The van der Waals surface area contributed by atoms with Crippen molar-refractivity contribution in [3.05, 3.63) is 42.5 Å². The molecule has 0 atom stereocenters. The number of carbonyl (C=O) groups is 1. The van der Waals surface area contributed by atoms with E-state index in [2.05, 4.69) is 29.0 Å². The van der Waals surface area contributed by atoms with Crippen LogP contribution >= 0.6 is 23.1 Å². The van der Waals surface area contributed by atoms with Crippen molar-refractivity contribution in [2.75, 3.05) is 17.7 Å². The maximum Gasteiger partial charge on any atom is 0.257 e. The molecule has 1 N–H and O–H groups in total. The molecule has 0 unspecified atom stereocenters. The van der Waals surface area contributed by atoms with E-state index in [1.54, 1.807) is 42.1 Å². The molecule has 5 nitrogen and oxygen atoms in total. The van der Waals surface area contributed by atoms with Crippen LogP contribution in [0.15, 0.2) is 41.3 Å². The van der Waals surface area contributed by atoms with Crippen LogP contribution in [0.1, 0.15) is 23.7 Å². The second-order valence-corrected chi connectivity index (χ2v) is 6.62. The first-order valence-corrected chi connectivity index (χ1v) is 8.64. The number of carbonyl (C=O) groups excluding carboxylic acids is 1. The highest BCUT2D eigenvalue weighted by Gasteiger charge is 2.10. The number of hydrogen-bond donors (Lipinski definition) is 1. The highest BCUT2D eigenvalue weighted by Crippen LogP contribution is 2.26. The predicted octanol–water partition coefficient (Wildman–Crippen LogP) is 3.86. The summed E-state index contributed by atoms with van der Waals surface area (Å²) >= 11 is 3.03. The Bertz CT molecular complexity index is 626. The Kier molecular flexibility index (Phi) is 6.42. The van der Waals surface area contributed by atoms with Crippen LogP contribution < -0.4 is 10.1 Å². The molecule has 2 rings (SSSR count). The number of ether oxygens (including phenoxy) is 1. The topological polar surface area (TPSA) is 64.1 Å². The van der Waals surface area contributed by atoms with E-state index >= 15 is 0 Å². The monoisotopic (exact) mass is 335 g/mol. The fourth-order valence-corrected chi connectivity index (χ4v) is 3.21. The summed E-state index contributed by atoms with van der Waals surface area (Å²) in [6, 6.07) is 6.92. The first-order valence-electron chi connectivity index (χ1n) is 6.84. The largest absolute Gasteiger partial charge is 0.490 e. The maximum absolute atomic E-state index is 12.1. The third-order valence-electron chi connectivity index (χ3n) is 2.54. The molecule has 0 saturated heterocycles. The van der Waals surface area contributed by atoms with Crippen molar-refractivity contribution in [3.8, 4) is 5.75 Å². The zero-order chi connectivity index (χ0) is 15.8. The van der Waals surface area contributed by atoms with Crippen LogP contribution in [0.25, 0.3) is 0 Å². The average Bonchev–Trinajstić information content (AvgIpc) is 2.98. The SMILES string of the molecule is C=CCOc1ccc(C(=O)Nc2nnc(SCCC)s2)cc1. The van der Waals surface area contributed by atoms with Gasteiger partial charge in [-0.15, -0.1) is 10.2 Å². The summed E-state index contributed by atoms with van der Waals surface area (Å²) in [4.78, 5) is 12.1. The van der Waals surface area contributed by atoms with Crippen molar-refractivity contribution in [2.45, 2.75) is 17.7 Å². The quantitative estimate of drug-likeness (QED) is 0.451. The molecule has 22 heavy (non-hydrogen) atoms. The third-order valence-corrected chi connectivity index (χ3v) is 4.72. The molecule has 0 bridgehead atoms. The van der Waals surface area contributed by atoms with E-state index in [0.717, 1.165) is 16.5 Å². The van der Waals surface area contributed by atoms with Crippen LogP contribution in [0.3, 0.4) is 0 Å². The first kappa shape index (κ1) is 16.5. The van der Waals surface area contributed by atoms with Gasteiger partial charge >= 0.3 is 0 Å². The van der Waals surface area contributed by atoms with Gasteiger partial charge in [-0.25, -0.2) is 0 Å². The Morgan fingerprint density at radius 2 is 2.18 bits per heavy atom. The fourth-order valence-electron chi connectivity index (χ4n) is 1.53. The van der Waals surface area contributed by atoms with Crippen molar-refractivity contribution >= 4 is 34.1 Å². The first-order chi connectivity index (χ1) is 10.7. The maximum atomic E-state index is 12.1. The lowest BCUT2D eigenvalue weighted by atomic mass is 10.2. The highest BCUT2D eigenvalue weighted by atomic mass is 32.2. The van der Waals surface area contributed by atoms with Crippen LogP contribution in [0.2, 0.25) is 0 Å². The van der Waals surface area contributed by atoms with Crippen molar-refractivity contribution in [1.82, 2.24) is 10.2 Å². The number of hydrogen-bond acceptors (Lipinski definition) is 6. The van der Waals surface area contributed by atoms with E-state index in [1.165, 1.54) is 11.3 Å². The van der Waals surface area contributed by atoms with E-state index < -0.39 is 0 Å². The van der Waals surface area contributed by atoms with Gasteiger partial charge in [-0.3, -0.25) is 10.1 Å². The van der Waals surface area contributed by atoms with Crippen LogP contribution in [-0.2, 0) is 0 Å². The second kappa shape index (κ2) is 8.55. The van der Waals surface area contributed by atoms with Crippen molar-refractivity contribution in [2.24, 2.45) is 0 Å². The molecule has 0 aliphatic rings. The van der Waals surface area contributed by atoms with E-state index in [1.807, 2.05) is 0 Å². The van der Waals surface area contributed by atoms with Crippen LogP contribution in [0, 0.1) is 0 Å². The van der Waals surface area contributed by atoms with Gasteiger partial charge in [0, 0.05) is 11.3 Å². The minimum absolute atomic E-state index is 0.210. The Hall–Kier alpha value is -1.86. The summed E-state index contributed by atoms with van der Waals surface area (Å²) in [5, 5.41) is 11.3. The molecular formula is C15H17N3O2S2. The standard InChI is InChI=1S/C15H17N3O2S2/c1-3-9-20-12-7-5-11(6-8-12)13(19)16-14-17-18-15(22-14)21-10-4-2/h3,5-8H,1,4,9-10H2,2H3,(H,16,17,19). The summed E-state index contributed by atoms with van der Waals surface area (Å²) in [7, 11) is 0. The molecule has 0 radical (unpaired) electrons. The number of thioether (sulfide) groups is 1. The van der Waals surface area contributed by atoms with Crippen molar-refractivity contribution in [1.29, 1.82) is 0 Å². The van der Waals surface area contributed by atoms with E-state index in [4.69, 9.17) is 4.74 Å². The van der Waals surface area contributed by atoms with Crippen LogP contribution in [0.5, 0.6) is 5.75 Å². The summed E-state index contributed by atoms with van der Waals surface area (Å²) in [6.45, 7) is 6.14. The fraction of sp³-hybridized carbons (Fsp3) is 0.267. The molecule has 116 valence electrons. The smallest absolute Gasteiger partial charge is 0.257 e. The molecule has 1 aromatic heterocycles. The molecule has 1 heterocycles. The molecule has 0 aliphatic carbocycles. The number of amides is 1. The van der Waals surface area contributed by atoms with Gasteiger partial charge in [-0.05, 0) is 30.7 Å². The minimum atomic E-state index is -0.210. The Morgan fingerprint density at radius 3 is 2.86 bits per heavy atom. The normalized spacial score (nSPS) is 10.2. The van der Waals surface area contributed by atoms with Gasteiger partial charge in [0.15, 0.2) is 4.34 Å². The van der Waals surface area contributed by atoms with Crippen molar-refractivity contribution in [3.63, 3.8) is 0 Å². The Morgan fingerprint density at radius 1 is 1.41 bits per heavy atom. The summed E-state index contributed by atoms with van der Waals surface area (Å²) in [5.74, 6) is 1.48. The molecule has 0 spiro atoms. The molecule has 1 amide bonds. The predicted molar refractivity (Wildman–Crippen MR) is 91.0 cm³/mol. The van der Waals surface area contributed by atoms with Gasteiger partial charge in [-0.2, -0.15) is 0 Å². The van der Waals surface area contributed by atoms with E-state index in [0.29, 0.717) is 23.1 Å². The zero-order valence-corrected chi connectivity index (χ0v) is 13.9. The van der Waals surface area contributed by atoms with E-state index in [9.17, 15) is 4.79 Å². The number of anilines is 1. The zero-order valence-electron chi connectivity index (χ0n) is 12.2. The lowest BCUT2D eigenvalue weighted by Gasteiger charge is -2.04. The minimum Gasteiger partial charge on any atom is -0.490 e. The molecule has 0 aliphatic heterocycles. The molecule has 7 heteroatoms. The van der Waals surface area contributed by atoms with Crippen molar-refractivity contribution < 1.29 is 9.53 Å². The van der Waals surface area contributed by atoms with Gasteiger partial charge in [0.2, 0.25) is 5.13 Å². The molecule has 0 fully saturated rings. The molecule has 1 aromatic carbocycles. The van der Waals surface area contributed by atoms with Gasteiger partial charge in [-0.1, -0.05) is 42.7 Å². The van der Waals surface area contributed by atoms with Gasteiger partial charge in [0.05, 0.1) is 0 Å². The summed E-state index contributed by atoms with van der Waals surface area (Å²) < 4.78 is 6.24. The third kappa shape index (κ3) is 4.85. The average molecular weight is 335 g/mol. The van der Waals surface area contributed by atoms with Gasteiger partial charge in [0.25, 0.3) is 5.91 Å². The summed E-state index contributed by atoms with van der Waals surface area (Å²) in [5.41, 5.74) is 0.545.